The Balaban J connectivity index is 2.44. The molecule has 1 nitrogen and oxygen atoms in total. The Bertz CT molecular complexity index is 365. The van der Waals surface area contributed by atoms with E-state index < -0.39 is 0 Å². The number of aliphatic hydroxyl groups is 1. The van der Waals surface area contributed by atoms with Crippen LogP contribution in [0, 0.1) is 0 Å². The molecule has 0 spiro atoms. The Morgan fingerprint density at radius 1 is 1.33 bits per heavy atom. The maximum absolute atomic E-state index is 9.93. The third kappa shape index (κ3) is 2.21. The SMILES string of the molecule is CC(C)(C)c1ccc2c(c1)[C@@H](O)CSC2. The van der Waals surface area contributed by atoms with Gasteiger partial charge in [-0.3, -0.25) is 0 Å². The standard InChI is InChI=1S/C13H18OS/c1-13(2,3)10-5-4-9-7-15-8-12(14)11(9)6-10/h4-6,12,14H,7-8H2,1-3H3/t12-/m0/s1. The first-order chi connectivity index (χ1) is 6.98. The predicted octanol–water partition coefficient (Wildman–Crippen LogP) is 3.26. The molecule has 1 aromatic rings. The van der Waals surface area contributed by atoms with Crippen molar-refractivity contribution in [1.29, 1.82) is 0 Å². The van der Waals surface area contributed by atoms with Gasteiger partial charge >= 0.3 is 0 Å². The highest BCUT2D eigenvalue weighted by molar-refractivity contribution is 7.98. The molecule has 0 saturated heterocycles. The average Bonchev–Trinajstić information content (AvgIpc) is 2.16. The summed E-state index contributed by atoms with van der Waals surface area (Å²) in [7, 11) is 0. The maximum Gasteiger partial charge on any atom is 0.0883 e. The molecule has 2 rings (SSSR count). The van der Waals surface area contributed by atoms with Crippen LogP contribution in [0.4, 0.5) is 0 Å². The van der Waals surface area contributed by atoms with E-state index in [4.69, 9.17) is 0 Å². The highest BCUT2D eigenvalue weighted by Crippen LogP contribution is 2.34. The first-order valence-corrected chi connectivity index (χ1v) is 6.53. The van der Waals surface area contributed by atoms with Crippen LogP contribution in [0.25, 0.3) is 0 Å². The largest absolute Gasteiger partial charge is 0.388 e. The summed E-state index contributed by atoms with van der Waals surface area (Å²) < 4.78 is 0. The molecule has 0 aliphatic carbocycles. The van der Waals surface area contributed by atoms with Gasteiger partial charge in [-0.2, -0.15) is 11.8 Å². The van der Waals surface area contributed by atoms with Crippen molar-refractivity contribution in [2.24, 2.45) is 0 Å². The second-order valence-corrected chi connectivity index (χ2v) is 6.22. The minimum Gasteiger partial charge on any atom is -0.388 e. The lowest BCUT2D eigenvalue weighted by atomic mass is 9.84. The first kappa shape index (κ1) is 11.0. The lowest BCUT2D eigenvalue weighted by molar-refractivity contribution is 0.201. The molecule has 15 heavy (non-hydrogen) atoms. The van der Waals surface area contributed by atoms with Crippen molar-refractivity contribution in [3.05, 3.63) is 34.9 Å². The molecule has 1 N–H and O–H groups in total. The quantitative estimate of drug-likeness (QED) is 0.727. The van der Waals surface area contributed by atoms with E-state index in [2.05, 4.69) is 39.0 Å². The molecule has 82 valence electrons. The highest BCUT2D eigenvalue weighted by Gasteiger charge is 2.21. The van der Waals surface area contributed by atoms with Gasteiger partial charge in [-0.15, -0.1) is 0 Å². The topological polar surface area (TPSA) is 20.2 Å². The molecule has 1 atom stereocenters. The monoisotopic (exact) mass is 222 g/mol. The molecule has 0 bridgehead atoms. The van der Waals surface area contributed by atoms with Crippen molar-refractivity contribution < 1.29 is 5.11 Å². The van der Waals surface area contributed by atoms with Crippen LogP contribution in [0.15, 0.2) is 18.2 Å². The zero-order valence-electron chi connectivity index (χ0n) is 9.58. The van der Waals surface area contributed by atoms with Crippen molar-refractivity contribution in [3.8, 4) is 0 Å². The van der Waals surface area contributed by atoms with Gasteiger partial charge in [-0.25, -0.2) is 0 Å². The van der Waals surface area contributed by atoms with Gasteiger partial charge in [0, 0.05) is 11.5 Å². The molecule has 1 aromatic carbocycles. The Kier molecular flexibility index (Phi) is 2.82. The molecule has 0 fully saturated rings. The number of rotatable bonds is 0. The molecular formula is C13H18OS. The van der Waals surface area contributed by atoms with Gasteiger partial charge in [-0.05, 0) is 22.1 Å². The van der Waals surface area contributed by atoms with Crippen LogP contribution in [-0.2, 0) is 11.2 Å². The van der Waals surface area contributed by atoms with Crippen molar-refractivity contribution in [2.45, 2.75) is 38.0 Å². The fourth-order valence-corrected chi connectivity index (χ4v) is 2.88. The van der Waals surface area contributed by atoms with Crippen LogP contribution >= 0.6 is 11.8 Å². The minimum absolute atomic E-state index is 0.166. The van der Waals surface area contributed by atoms with Gasteiger partial charge in [0.15, 0.2) is 0 Å². The van der Waals surface area contributed by atoms with Crippen LogP contribution < -0.4 is 0 Å². The van der Waals surface area contributed by atoms with E-state index in [-0.39, 0.29) is 11.5 Å². The zero-order chi connectivity index (χ0) is 11.1. The fraction of sp³-hybridized carbons (Fsp3) is 0.538. The van der Waals surface area contributed by atoms with Gasteiger partial charge in [0.1, 0.15) is 0 Å². The van der Waals surface area contributed by atoms with Crippen molar-refractivity contribution in [1.82, 2.24) is 0 Å². The number of hydrogen-bond acceptors (Lipinski definition) is 2. The molecule has 2 heteroatoms. The Hall–Kier alpha value is -0.470. The molecule has 1 heterocycles. The van der Waals surface area contributed by atoms with Gasteiger partial charge in [0.2, 0.25) is 0 Å². The molecule has 1 aliphatic heterocycles. The molecule has 0 saturated carbocycles. The number of benzene rings is 1. The predicted molar refractivity (Wildman–Crippen MR) is 66.3 cm³/mol. The van der Waals surface area contributed by atoms with E-state index in [1.165, 1.54) is 11.1 Å². The van der Waals surface area contributed by atoms with Gasteiger partial charge in [0.25, 0.3) is 0 Å². The average molecular weight is 222 g/mol. The second-order valence-electron chi connectivity index (χ2n) is 5.19. The van der Waals surface area contributed by atoms with E-state index >= 15 is 0 Å². The number of thioether (sulfide) groups is 1. The molecule has 0 amide bonds. The summed E-state index contributed by atoms with van der Waals surface area (Å²) in [5.41, 5.74) is 3.92. The molecular weight excluding hydrogens is 204 g/mol. The number of aliphatic hydroxyl groups excluding tert-OH is 1. The normalized spacial score (nSPS) is 21.2. The van der Waals surface area contributed by atoms with E-state index in [0.717, 1.165) is 17.1 Å². The lowest BCUT2D eigenvalue weighted by Crippen LogP contribution is -2.15. The van der Waals surface area contributed by atoms with Crippen LogP contribution in [-0.4, -0.2) is 10.9 Å². The van der Waals surface area contributed by atoms with Crippen molar-refractivity contribution in [3.63, 3.8) is 0 Å². The molecule has 0 aromatic heterocycles. The third-order valence-corrected chi connectivity index (χ3v) is 3.97. The molecule has 1 aliphatic rings. The summed E-state index contributed by atoms with van der Waals surface area (Å²) in [6.07, 6.45) is -0.277. The van der Waals surface area contributed by atoms with E-state index in [1.807, 2.05) is 11.8 Å². The van der Waals surface area contributed by atoms with Crippen LogP contribution in [0.3, 0.4) is 0 Å². The summed E-state index contributed by atoms with van der Waals surface area (Å²) in [6, 6.07) is 6.54. The van der Waals surface area contributed by atoms with Crippen molar-refractivity contribution >= 4 is 11.8 Å². The van der Waals surface area contributed by atoms with Crippen molar-refractivity contribution in [2.75, 3.05) is 5.75 Å². The minimum atomic E-state index is -0.277. The van der Waals surface area contributed by atoms with Crippen LogP contribution in [0.2, 0.25) is 0 Å². The summed E-state index contributed by atoms with van der Waals surface area (Å²) in [4.78, 5) is 0. The van der Waals surface area contributed by atoms with E-state index in [0.29, 0.717) is 0 Å². The highest BCUT2D eigenvalue weighted by atomic mass is 32.2. The van der Waals surface area contributed by atoms with Gasteiger partial charge in [-0.1, -0.05) is 39.0 Å². The number of hydrogen-bond donors (Lipinski definition) is 1. The third-order valence-electron chi connectivity index (χ3n) is 2.90. The van der Waals surface area contributed by atoms with Gasteiger partial charge < -0.3 is 5.11 Å². The van der Waals surface area contributed by atoms with E-state index in [1.54, 1.807) is 0 Å². The lowest BCUT2D eigenvalue weighted by Gasteiger charge is -2.25. The first-order valence-electron chi connectivity index (χ1n) is 5.37. The number of fused-ring (bicyclic) bond motifs is 1. The Morgan fingerprint density at radius 3 is 2.73 bits per heavy atom. The van der Waals surface area contributed by atoms with Gasteiger partial charge in [0.05, 0.1) is 6.10 Å². The summed E-state index contributed by atoms with van der Waals surface area (Å²) in [5, 5.41) is 9.93. The van der Waals surface area contributed by atoms with E-state index in [9.17, 15) is 5.11 Å². The smallest absolute Gasteiger partial charge is 0.0883 e. The molecule has 0 radical (unpaired) electrons. The fourth-order valence-electron chi connectivity index (χ4n) is 1.87. The Labute approximate surface area is 95.9 Å². The zero-order valence-corrected chi connectivity index (χ0v) is 10.4. The summed E-state index contributed by atoms with van der Waals surface area (Å²) in [5.74, 6) is 1.87. The van der Waals surface area contributed by atoms with Crippen LogP contribution in [0.5, 0.6) is 0 Å². The maximum atomic E-state index is 9.93. The summed E-state index contributed by atoms with van der Waals surface area (Å²) in [6.45, 7) is 6.62. The summed E-state index contributed by atoms with van der Waals surface area (Å²) >= 11 is 1.81. The van der Waals surface area contributed by atoms with Crippen LogP contribution in [0.1, 0.15) is 43.6 Å². The second kappa shape index (κ2) is 3.84. The Morgan fingerprint density at radius 2 is 2.07 bits per heavy atom. The molecule has 0 unspecified atom stereocenters.